The number of hydrogen-bond donors (Lipinski definition) is 0. The van der Waals surface area contributed by atoms with E-state index in [0.717, 1.165) is 0 Å². The van der Waals surface area contributed by atoms with Gasteiger partial charge in [0.05, 0.1) is 0 Å². The fourth-order valence-corrected chi connectivity index (χ4v) is 12.7. The van der Waals surface area contributed by atoms with E-state index in [1.165, 1.54) is 145 Å². The van der Waals surface area contributed by atoms with Gasteiger partial charge in [-0.25, -0.2) is 0 Å². The van der Waals surface area contributed by atoms with Crippen LogP contribution in [0.1, 0.15) is 86.1 Å². The van der Waals surface area contributed by atoms with Gasteiger partial charge in [-0.15, -0.1) is 0 Å². The molecule has 0 radical (unpaired) electrons. The summed E-state index contributed by atoms with van der Waals surface area (Å²) in [5, 5.41) is 0. The Balaban J connectivity index is 0.793. The van der Waals surface area contributed by atoms with Crippen molar-refractivity contribution in [1.29, 1.82) is 0 Å². The van der Waals surface area contributed by atoms with E-state index in [2.05, 4.69) is 262 Å². The molecular weight excluding hydrogens is 853 g/mol. The maximum absolute atomic E-state index is 2.48. The number of benzene rings is 10. The molecule has 13 rings (SSSR count). The molecule has 71 heavy (non-hydrogen) atoms. The Morgan fingerprint density at radius 1 is 0.197 bits per heavy atom. The smallest absolute Gasteiger partial charge is 0.0159 e. The Morgan fingerprint density at radius 3 is 0.648 bits per heavy atom. The van der Waals surface area contributed by atoms with Crippen LogP contribution in [0.15, 0.2) is 206 Å². The second-order valence-electron chi connectivity index (χ2n) is 22.3. The van der Waals surface area contributed by atoms with E-state index >= 15 is 0 Å². The van der Waals surface area contributed by atoms with Crippen LogP contribution in [0, 0.1) is 13.8 Å². The minimum absolute atomic E-state index is 0.148. The van der Waals surface area contributed by atoms with E-state index in [1.807, 2.05) is 0 Å². The molecule has 10 aromatic carbocycles. The molecule has 0 N–H and O–H groups in total. The highest BCUT2D eigenvalue weighted by molar-refractivity contribution is 5.93. The van der Waals surface area contributed by atoms with Gasteiger partial charge in [0.15, 0.2) is 0 Å². The molecule has 342 valence electrons. The molecule has 0 heteroatoms. The van der Waals surface area contributed by atoms with E-state index in [-0.39, 0.29) is 16.2 Å². The van der Waals surface area contributed by atoms with E-state index in [9.17, 15) is 0 Å². The van der Waals surface area contributed by atoms with Crippen molar-refractivity contribution in [3.63, 3.8) is 0 Å². The molecular formula is C71H58. The summed E-state index contributed by atoms with van der Waals surface area (Å²) < 4.78 is 0. The highest BCUT2D eigenvalue weighted by atomic mass is 14.4. The second kappa shape index (κ2) is 15.6. The van der Waals surface area contributed by atoms with Crippen LogP contribution in [0.25, 0.3) is 100 Å². The van der Waals surface area contributed by atoms with Gasteiger partial charge in [-0.1, -0.05) is 223 Å². The molecule has 0 unspecified atom stereocenters. The molecule has 3 aliphatic carbocycles. The average Bonchev–Trinajstić information content (AvgIpc) is 3.87. The normalized spacial score (nSPS) is 14.8. The molecule has 0 spiro atoms. The average molecular weight is 911 g/mol. The van der Waals surface area contributed by atoms with Crippen LogP contribution in [-0.2, 0) is 16.2 Å². The van der Waals surface area contributed by atoms with Gasteiger partial charge in [-0.2, -0.15) is 0 Å². The second-order valence-corrected chi connectivity index (χ2v) is 22.3. The first-order valence-electron chi connectivity index (χ1n) is 25.5. The molecule has 3 aliphatic rings. The van der Waals surface area contributed by atoms with E-state index in [1.54, 1.807) is 0 Å². The lowest BCUT2D eigenvalue weighted by Crippen LogP contribution is -2.16. The van der Waals surface area contributed by atoms with Crippen molar-refractivity contribution in [3.8, 4) is 100 Å². The molecule has 0 nitrogen and oxygen atoms in total. The standard InChI is InChI=1S/C71H58/c1-43-17-21-45(22-18-43)53-13-9-11-15-55(53)51-29-35-61-59-33-27-49(39-65(59)70(5,6)67(61)41-51)47-25-31-57-58-32-26-48(38-64(58)69(3,4)63(57)37-47)50-28-34-60-62-36-30-52(42-68(62)71(7,8)66(60)40-50)56-16-12-10-14-54(56)46-23-19-44(2)20-24-46/h9-42H,1-8H3. The molecule has 0 saturated carbocycles. The van der Waals surface area contributed by atoms with Gasteiger partial charge in [0.1, 0.15) is 0 Å². The van der Waals surface area contributed by atoms with Crippen molar-refractivity contribution >= 4 is 0 Å². The Morgan fingerprint density at radius 2 is 0.394 bits per heavy atom. The van der Waals surface area contributed by atoms with Gasteiger partial charge in [-0.3, -0.25) is 0 Å². The molecule has 0 bridgehead atoms. The molecule has 0 heterocycles. The topological polar surface area (TPSA) is 0 Å². The molecule has 0 aliphatic heterocycles. The summed E-state index contributed by atoms with van der Waals surface area (Å²) in [5.74, 6) is 0. The van der Waals surface area contributed by atoms with E-state index in [0.29, 0.717) is 0 Å². The highest BCUT2D eigenvalue weighted by Gasteiger charge is 2.39. The third-order valence-electron chi connectivity index (χ3n) is 16.9. The Hall–Kier alpha value is -7.80. The zero-order chi connectivity index (χ0) is 48.6. The summed E-state index contributed by atoms with van der Waals surface area (Å²) in [6, 6.07) is 78.6. The van der Waals surface area contributed by atoms with Crippen LogP contribution in [0.4, 0.5) is 0 Å². The third-order valence-corrected chi connectivity index (χ3v) is 16.9. The summed E-state index contributed by atoms with van der Waals surface area (Å²) in [6.45, 7) is 18.8. The van der Waals surface area contributed by atoms with Crippen molar-refractivity contribution in [1.82, 2.24) is 0 Å². The van der Waals surface area contributed by atoms with Crippen LogP contribution in [-0.4, -0.2) is 0 Å². The first kappa shape index (κ1) is 43.2. The first-order valence-corrected chi connectivity index (χ1v) is 25.5. The maximum Gasteiger partial charge on any atom is 0.0159 e. The summed E-state index contributed by atoms with van der Waals surface area (Å²) in [5.41, 5.74) is 33.7. The molecule has 0 amide bonds. The van der Waals surface area contributed by atoms with Crippen LogP contribution in [0.3, 0.4) is 0 Å². The summed E-state index contributed by atoms with van der Waals surface area (Å²) in [7, 11) is 0. The minimum atomic E-state index is -0.161. The number of hydrogen-bond acceptors (Lipinski definition) is 0. The van der Waals surface area contributed by atoms with Gasteiger partial charge < -0.3 is 0 Å². The predicted molar refractivity (Wildman–Crippen MR) is 301 cm³/mol. The van der Waals surface area contributed by atoms with Crippen molar-refractivity contribution in [2.24, 2.45) is 0 Å². The van der Waals surface area contributed by atoms with E-state index < -0.39 is 0 Å². The van der Waals surface area contributed by atoms with Crippen LogP contribution >= 0.6 is 0 Å². The lowest BCUT2D eigenvalue weighted by atomic mass is 9.79. The molecule has 0 atom stereocenters. The quantitative estimate of drug-likeness (QED) is 0.156. The van der Waals surface area contributed by atoms with Gasteiger partial charge in [0.25, 0.3) is 0 Å². The summed E-state index contributed by atoms with van der Waals surface area (Å²) >= 11 is 0. The fourth-order valence-electron chi connectivity index (χ4n) is 12.7. The molecule has 10 aromatic rings. The Kier molecular flexibility index (Phi) is 9.50. The zero-order valence-electron chi connectivity index (χ0n) is 42.1. The van der Waals surface area contributed by atoms with Crippen LogP contribution in [0.5, 0.6) is 0 Å². The lowest BCUT2D eigenvalue weighted by Gasteiger charge is -2.24. The van der Waals surface area contributed by atoms with Crippen molar-refractivity contribution in [3.05, 3.63) is 251 Å². The predicted octanol–water partition coefficient (Wildman–Crippen LogP) is 19.2. The Bertz CT molecular complexity index is 3580. The van der Waals surface area contributed by atoms with Gasteiger partial charge in [0.2, 0.25) is 0 Å². The highest BCUT2D eigenvalue weighted by Crippen LogP contribution is 2.55. The van der Waals surface area contributed by atoms with Gasteiger partial charge in [0, 0.05) is 16.2 Å². The minimum Gasteiger partial charge on any atom is -0.0616 e. The number of rotatable bonds is 6. The fraction of sp³-hybridized carbons (Fsp3) is 0.155. The number of fused-ring (bicyclic) bond motifs is 9. The largest absolute Gasteiger partial charge is 0.0616 e. The monoisotopic (exact) mass is 910 g/mol. The molecule has 0 saturated heterocycles. The van der Waals surface area contributed by atoms with Crippen molar-refractivity contribution in [2.45, 2.75) is 71.6 Å². The maximum atomic E-state index is 2.48. The lowest BCUT2D eigenvalue weighted by molar-refractivity contribution is 0.659. The van der Waals surface area contributed by atoms with Crippen LogP contribution in [0.2, 0.25) is 0 Å². The van der Waals surface area contributed by atoms with Gasteiger partial charge >= 0.3 is 0 Å². The van der Waals surface area contributed by atoms with Crippen LogP contribution < -0.4 is 0 Å². The summed E-state index contributed by atoms with van der Waals surface area (Å²) in [6.07, 6.45) is 0. The zero-order valence-corrected chi connectivity index (χ0v) is 42.1. The number of aryl methyl sites for hydroxylation is 2. The van der Waals surface area contributed by atoms with Crippen molar-refractivity contribution in [2.75, 3.05) is 0 Å². The SMILES string of the molecule is Cc1ccc(-c2ccccc2-c2ccc3c(c2)C(C)(C)c2cc(-c4ccc5c(c4)C(C)(C)c4cc(-c6ccc7c(c6)C(C)(C)c6cc(-c8ccccc8-c8ccc(C)cc8)ccc6-7)ccc4-5)ccc2-3)cc1. The molecule has 0 fully saturated rings. The van der Waals surface area contributed by atoms with E-state index in [4.69, 9.17) is 0 Å². The summed E-state index contributed by atoms with van der Waals surface area (Å²) in [4.78, 5) is 0. The third kappa shape index (κ3) is 6.64. The Labute approximate surface area is 420 Å². The molecule has 0 aromatic heterocycles. The first-order chi connectivity index (χ1) is 34.3. The van der Waals surface area contributed by atoms with Crippen molar-refractivity contribution < 1.29 is 0 Å². The van der Waals surface area contributed by atoms with Gasteiger partial charge in [-0.05, 0) is 184 Å².